The van der Waals surface area contributed by atoms with Crippen LogP contribution in [0.2, 0.25) is 0 Å². The van der Waals surface area contributed by atoms with Gasteiger partial charge in [-0.25, -0.2) is 0 Å². The van der Waals surface area contributed by atoms with Gasteiger partial charge in [0.1, 0.15) is 23.4 Å². The first-order valence-electron chi connectivity index (χ1n) is 12.2. The molecule has 2 aliphatic heterocycles. The molecule has 9 heteroatoms. The molecule has 1 fully saturated rings. The van der Waals surface area contributed by atoms with Crippen LogP contribution in [0, 0.1) is 5.92 Å². The Hall–Kier alpha value is -3.95. The largest absolute Gasteiger partial charge is 0.496 e. The Labute approximate surface area is 219 Å². The van der Waals surface area contributed by atoms with Crippen LogP contribution in [0.1, 0.15) is 22.6 Å². The molecule has 6 rings (SSSR count). The molecule has 0 unspecified atom stereocenters. The normalized spacial score (nSPS) is 28.3. The molecule has 0 spiro atoms. The summed E-state index contributed by atoms with van der Waals surface area (Å²) in [5, 5.41) is 12.2. The summed E-state index contributed by atoms with van der Waals surface area (Å²) < 4.78 is 41.1. The third-order valence-electron chi connectivity index (χ3n) is 8.00. The van der Waals surface area contributed by atoms with Crippen molar-refractivity contribution in [2.45, 2.75) is 23.2 Å². The van der Waals surface area contributed by atoms with Crippen LogP contribution in [0.25, 0.3) is 0 Å². The highest BCUT2D eigenvalue weighted by atomic mass is 16.7. The number of carbonyl (C=O) groups excluding carboxylic acids is 1. The third kappa shape index (κ3) is 2.97. The summed E-state index contributed by atoms with van der Waals surface area (Å²) in [7, 11) is 5.87. The Bertz CT molecular complexity index is 1390. The van der Waals surface area contributed by atoms with Crippen molar-refractivity contribution in [3.63, 3.8) is 0 Å². The Kier molecular flexibility index (Phi) is 5.66. The number of esters is 1. The maximum absolute atomic E-state index is 13.4. The van der Waals surface area contributed by atoms with E-state index >= 15 is 0 Å². The summed E-state index contributed by atoms with van der Waals surface area (Å²) in [5.74, 6) is 0.0282. The molecule has 2 heterocycles. The van der Waals surface area contributed by atoms with Gasteiger partial charge >= 0.3 is 5.97 Å². The number of ether oxygens (including phenoxy) is 7. The number of hydrogen-bond donors (Lipinski definition) is 1. The van der Waals surface area contributed by atoms with Gasteiger partial charge in [-0.1, -0.05) is 36.4 Å². The highest BCUT2D eigenvalue weighted by molar-refractivity contribution is 5.78. The average molecular weight is 521 g/mol. The molecule has 198 valence electrons. The zero-order chi connectivity index (χ0) is 26.7. The number of fused-ring (bicyclic) bond motifs is 4. The van der Waals surface area contributed by atoms with Crippen molar-refractivity contribution < 1.29 is 43.1 Å². The Balaban J connectivity index is 1.73. The van der Waals surface area contributed by atoms with Gasteiger partial charge in [0.15, 0.2) is 22.7 Å². The lowest BCUT2D eigenvalue weighted by Gasteiger charge is -2.43. The zero-order valence-corrected chi connectivity index (χ0v) is 21.4. The molecular weight excluding hydrogens is 492 g/mol. The van der Waals surface area contributed by atoms with Crippen molar-refractivity contribution in [3.8, 4) is 28.7 Å². The number of hydrogen-bond acceptors (Lipinski definition) is 9. The number of rotatable bonds is 6. The monoisotopic (exact) mass is 520 g/mol. The van der Waals surface area contributed by atoms with Gasteiger partial charge in [-0.3, -0.25) is 4.79 Å². The summed E-state index contributed by atoms with van der Waals surface area (Å²) in [5.41, 5.74) is -1.18. The first-order chi connectivity index (χ1) is 18.5. The highest BCUT2D eigenvalue weighted by Gasteiger charge is 2.79. The molecule has 9 nitrogen and oxygen atoms in total. The second-order valence-corrected chi connectivity index (χ2v) is 9.43. The van der Waals surface area contributed by atoms with Crippen LogP contribution in [-0.2, 0) is 25.5 Å². The highest BCUT2D eigenvalue weighted by Crippen LogP contribution is 2.72. The van der Waals surface area contributed by atoms with Crippen molar-refractivity contribution >= 4 is 5.97 Å². The molecule has 3 aliphatic rings. The fraction of sp³-hybridized carbons (Fsp3) is 0.345. The molecule has 0 aromatic heterocycles. The summed E-state index contributed by atoms with van der Waals surface area (Å²) in [6.45, 7) is 0.0861. The fourth-order valence-corrected chi connectivity index (χ4v) is 6.53. The van der Waals surface area contributed by atoms with Crippen LogP contribution in [0.15, 0.2) is 60.7 Å². The van der Waals surface area contributed by atoms with Crippen molar-refractivity contribution in [1.82, 2.24) is 0 Å². The summed E-state index contributed by atoms with van der Waals surface area (Å²) in [4.78, 5) is 13.4. The van der Waals surface area contributed by atoms with Gasteiger partial charge < -0.3 is 38.3 Å². The molecule has 1 N–H and O–H groups in total. The Morgan fingerprint density at radius 2 is 1.68 bits per heavy atom. The lowest BCUT2D eigenvalue weighted by Crippen LogP contribution is -2.53. The zero-order valence-electron chi connectivity index (χ0n) is 21.4. The Morgan fingerprint density at radius 3 is 2.37 bits per heavy atom. The Morgan fingerprint density at radius 1 is 0.921 bits per heavy atom. The van der Waals surface area contributed by atoms with Gasteiger partial charge in [0.25, 0.3) is 0 Å². The third-order valence-corrected chi connectivity index (χ3v) is 8.00. The van der Waals surface area contributed by atoms with E-state index in [4.69, 9.17) is 33.2 Å². The number of benzene rings is 3. The minimum Gasteiger partial charge on any atom is -0.496 e. The van der Waals surface area contributed by atoms with Crippen molar-refractivity contribution in [1.29, 1.82) is 0 Å². The molecule has 3 aromatic rings. The van der Waals surface area contributed by atoms with Gasteiger partial charge in [-0.05, 0) is 17.7 Å². The molecule has 0 saturated heterocycles. The lowest BCUT2D eigenvalue weighted by atomic mass is 9.70. The molecule has 5 atom stereocenters. The molecular formula is C29H28O9. The topological polar surface area (TPSA) is 102 Å². The quantitative estimate of drug-likeness (QED) is 0.489. The molecule has 0 amide bonds. The van der Waals surface area contributed by atoms with Crippen LogP contribution >= 0.6 is 0 Å². The first kappa shape index (κ1) is 24.4. The minimum atomic E-state index is -1.59. The maximum Gasteiger partial charge on any atom is 0.312 e. The van der Waals surface area contributed by atoms with Crippen LogP contribution in [0.5, 0.6) is 28.7 Å². The van der Waals surface area contributed by atoms with E-state index < -0.39 is 35.1 Å². The maximum atomic E-state index is 13.4. The summed E-state index contributed by atoms with van der Waals surface area (Å²) in [6, 6.07) is 18.3. The molecule has 1 saturated carbocycles. The van der Waals surface area contributed by atoms with E-state index in [2.05, 4.69) is 0 Å². The van der Waals surface area contributed by atoms with Crippen LogP contribution < -0.4 is 23.7 Å². The molecule has 1 aliphatic carbocycles. The van der Waals surface area contributed by atoms with E-state index in [0.717, 1.165) is 5.56 Å². The van der Waals surface area contributed by atoms with Crippen LogP contribution in [0.4, 0.5) is 0 Å². The molecule has 0 radical (unpaired) electrons. The second kappa shape index (κ2) is 8.82. The van der Waals surface area contributed by atoms with E-state index in [0.29, 0.717) is 39.9 Å². The summed E-state index contributed by atoms with van der Waals surface area (Å²) >= 11 is 0. The van der Waals surface area contributed by atoms with Crippen LogP contribution in [0.3, 0.4) is 0 Å². The fourth-order valence-electron chi connectivity index (χ4n) is 6.53. The van der Waals surface area contributed by atoms with Gasteiger partial charge in [-0.15, -0.1) is 0 Å². The number of aliphatic hydroxyl groups is 1. The van der Waals surface area contributed by atoms with Crippen molar-refractivity contribution in [3.05, 3.63) is 77.4 Å². The summed E-state index contributed by atoms with van der Waals surface area (Å²) in [6.07, 6.45) is -1.39. The predicted molar refractivity (Wildman–Crippen MR) is 134 cm³/mol. The predicted octanol–water partition coefficient (Wildman–Crippen LogP) is 3.51. The number of carbonyl (C=O) groups is 1. The first-order valence-corrected chi connectivity index (χ1v) is 12.2. The molecule has 3 aromatic carbocycles. The van der Waals surface area contributed by atoms with Crippen molar-refractivity contribution in [2.24, 2.45) is 5.92 Å². The average Bonchev–Trinajstić information content (AvgIpc) is 3.61. The molecule has 38 heavy (non-hydrogen) atoms. The van der Waals surface area contributed by atoms with E-state index in [1.807, 2.05) is 42.5 Å². The van der Waals surface area contributed by atoms with Gasteiger partial charge in [0.05, 0.1) is 32.8 Å². The SMILES string of the molecule is COC(=O)[C@H]1[C@@H](O)[C@@]2(OC)c3c(OC)cc(OC)cc3O[C@@]2(c2ccc3c(c2)OCO3)[C@@H]1c1ccccc1. The van der Waals surface area contributed by atoms with E-state index in [9.17, 15) is 9.90 Å². The number of methoxy groups -OCH3 is 4. The van der Waals surface area contributed by atoms with Crippen molar-refractivity contribution in [2.75, 3.05) is 35.2 Å². The van der Waals surface area contributed by atoms with Crippen LogP contribution in [-0.4, -0.2) is 52.4 Å². The van der Waals surface area contributed by atoms with Gasteiger partial charge in [0, 0.05) is 30.7 Å². The van der Waals surface area contributed by atoms with E-state index in [-0.39, 0.29) is 6.79 Å². The minimum absolute atomic E-state index is 0.0861. The van der Waals surface area contributed by atoms with E-state index in [1.165, 1.54) is 21.3 Å². The lowest BCUT2D eigenvalue weighted by molar-refractivity contribution is -0.176. The smallest absolute Gasteiger partial charge is 0.312 e. The molecule has 0 bridgehead atoms. The van der Waals surface area contributed by atoms with E-state index in [1.54, 1.807) is 25.3 Å². The van der Waals surface area contributed by atoms with Gasteiger partial charge in [0.2, 0.25) is 6.79 Å². The standard InChI is InChI=1S/C29H28O9/c1-32-18-13-21(33-2)25-22(14-18)38-28(17-10-11-19-20(12-17)37-15-36-19)24(16-8-6-5-7-9-16)23(27(31)34-3)26(30)29(25,28)35-4/h5-14,23-24,26,30H,15H2,1-4H3/t23-,24-,26-,28+,29+/m1/s1. The number of aliphatic hydroxyl groups excluding tert-OH is 1. The second-order valence-electron chi connectivity index (χ2n) is 9.43. The van der Waals surface area contributed by atoms with Gasteiger partial charge in [-0.2, -0.15) is 0 Å².